The standard InChI is InChI=1S/C12H21N3O2/c1-2-14(10-5-6-13-9-10)7-8-15-11(16)3-4-12(15)17/h10,13H,2-9H2,1H3. The van der Waals surface area contributed by atoms with E-state index in [-0.39, 0.29) is 11.8 Å². The minimum Gasteiger partial charge on any atom is -0.315 e. The topological polar surface area (TPSA) is 52.7 Å². The average Bonchev–Trinajstić information content (AvgIpc) is 2.94. The Morgan fingerprint density at radius 3 is 2.59 bits per heavy atom. The monoisotopic (exact) mass is 239 g/mol. The van der Waals surface area contributed by atoms with Crippen LogP contribution in [0.15, 0.2) is 0 Å². The van der Waals surface area contributed by atoms with Gasteiger partial charge in [-0.3, -0.25) is 19.4 Å². The van der Waals surface area contributed by atoms with Gasteiger partial charge in [-0.1, -0.05) is 6.92 Å². The predicted octanol–water partition coefficient (Wildman–Crippen LogP) is -0.181. The molecule has 0 saturated carbocycles. The highest BCUT2D eigenvalue weighted by atomic mass is 16.2. The number of likely N-dealkylation sites (N-methyl/N-ethyl adjacent to an activating group) is 1. The lowest BCUT2D eigenvalue weighted by Gasteiger charge is -2.28. The first-order chi connectivity index (χ1) is 8.22. The molecule has 0 aromatic carbocycles. The van der Waals surface area contributed by atoms with Crippen LogP contribution < -0.4 is 5.32 Å². The summed E-state index contributed by atoms with van der Waals surface area (Å²) in [4.78, 5) is 26.7. The van der Waals surface area contributed by atoms with E-state index >= 15 is 0 Å². The molecule has 5 nitrogen and oxygen atoms in total. The largest absolute Gasteiger partial charge is 0.315 e. The number of hydrogen-bond donors (Lipinski definition) is 1. The third-order valence-electron chi connectivity index (χ3n) is 3.72. The Bertz CT molecular complexity index is 284. The third kappa shape index (κ3) is 2.84. The summed E-state index contributed by atoms with van der Waals surface area (Å²) >= 11 is 0. The van der Waals surface area contributed by atoms with Crippen LogP contribution >= 0.6 is 0 Å². The van der Waals surface area contributed by atoms with Gasteiger partial charge in [0.1, 0.15) is 0 Å². The number of hydrogen-bond acceptors (Lipinski definition) is 4. The minimum absolute atomic E-state index is 0.00407. The quantitative estimate of drug-likeness (QED) is 0.676. The maximum absolute atomic E-state index is 11.5. The van der Waals surface area contributed by atoms with E-state index in [2.05, 4.69) is 17.1 Å². The van der Waals surface area contributed by atoms with Gasteiger partial charge in [0.25, 0.3) is 0 Å². The summed E-state index contributed by atoms with van der Waals surface area (Å²) in [6.07, 6.45) is 1.96. The van der Waals surface area contributed by atoms with Crippen LogP contribution in [0.5, 0.6) is 0 Å². The van der Waals surface area contributed by atoms with Crippen LogP contribution in [-0.4, -0.2) is 60.4 Å². The van der Waals surface area contributed by atoms with Gasteiger partial charge in [0.2, 0.25) is 11.8 Å². The Kier molecular flexibility index (Phi) is 4.12. The van der Waals surface area contributed by atoms with Crippen molar-refractivity contribution in [1.82, 2.24) is 15.1 Å². The van der Waals surface area contributed by atoms with Crippen molar-refractivity contribution in [1.29, 1.82) is 0 Å². The number of imide groups is 1. The number of amides is 2. The zero-order valence-corrected chi connectivity index (χ0v) is 10.4. The first-order valence-electron chi connectivity index (χ1n) is 6.50. The zero-order valence-electron chi connectivity index (χ0n) is 10.4. The molecule has 2 heterocycles. The molecule has 0 spiro atoms. The van der Waals surface area contributed by atoms with E-state index in [1.165, 1.54) is 4.90 Å². The Balaban J connectivity index is 1.82. The SMILES string of the molecule is CCN(CCN1C(=O)CCC1=O)C1CCNC1. The van der Waals surface area contributed by atoms with Gasteiger partial charge in [-0.15, -0.1) is 0 Å². The van der Waals surface area contributed by atoms with Crippen molar-refractivity contribution in [3.05, 3.63) is 0 Å². The van der Waals surface area contributed by atoms with Gasteiger partial charge < -0.3 is 5.32 Å². The Morgan fingerprint density at radius 1 is 1.35 bits per heavy atom. The fraction of sp³-hybridized carbons (Fsp3) is 0.833. The third-order valence-corrected chi connectivity index (χ3v) is 3.72. The van der Waals surface area contributed by atoms with Gasteiger partial charge in [-0.05, 0) is 19.5 Å². The molecule has 1 unspecified atom stereocenters. The normalized spacial score (nSPS) is 25.3. The number of carbonyl (C=O) groups is 2. The summed E-state index contributed by atoms with van der Waals surface area (Å²) in [5.41, 5.74) is 0. The van der Waals surface area contributed by atoms with Gasteiger partial charge in [0.05, 0.1) is 0 Å². The van der Waals surface area contributed by atoms with Gasteiger partial charge >= 0.3 is 0 Å². The van der Waals surface area contributed by atoms with Crippen molar-refractivity contribution in [2.45, 2.75) is 32.2 Å². The number of nitrogens with zero attached hydrogens (tertiary/aromatic N) is 2. The predicted molar refractivity (Wildman–Crippen MR) is 64.5 cm³/mol. The summed E-state index contributed by atoms with van der Waals surface area (Å²) in [6, 6.07) is 0.563. The van der Waals surface area contributed by atoms with Gasteiger partial charge in [-0.25, -0.2) is 0 Å². The first kappa shape index (κ1) is 12.5. The molecule has 96 valence electrons. The second kappa shape index (κ2) is 5.60. The lowest BCUT2D eigenvalue weighted by molar-refractivity contribution is -0.138. The van der Waals surface area contributed by atoms with Gasteiger partial charge in [-0.2, -0.15) is 0 Å². The second-order valence-electron chi connectivity index (χ2n) is 4.71. The molecule has 2 aliphatic rings. The van der Waals surface area contributed by atoms with Crippen molar-refractivity contribution < 1.29 is 9.59 Å². The fourth-order valence-electron chi connectivity index (χ4n) is 2.65. The average molecular weight is 239 g/mol. The minimum atomic E-state index is -0.00407. The molecule has 1 N–H and O–H groups in total. The molecular formula is C12H21N3O2. The lowest BCUT2D eigenvalue weighted by atomic mass is 10.2. The van der Waals surface area contributed by atoms with Crippen LogP contribution in [-0.2, 0) is 9.59 Å². The van der Waals surface area contributed by atoms with Crippen molar-refractivity contribution >= 4 is 11.8 Å². The molecule has 0 bridgehead atoms. The second-order valence-corrected chi connectivity index (χ2v) is 4.71. The van der Waals surface area contributed by atoms with E-state index in [0.29, 0.717) is 25.4 Å². The van der Waals surface area contributed by atoms with Crippen LogP contribution in [0, 0.1) is 0 Å². The summed E-state index contributed by atoms with van der Waals surface area (Å²) in [6.45, 7) is 6.56. The lowest BCUT2D eigenvalue weighted by Crippen LogP contribution is -2.43. The van der Waals surface area contributed by atoms with Crippen LogP contribution in [0.4, 0.5) is 0 Å². The van der Waals surface area contributed by atoms with E-state index in [1.54, 1.807) is 0 Å². The number of carbonyl (C=O) groups excluding carboxylic acids is 2. The molecule has 0 radical (unpaired) electrons. The molecule has 5 heteroatoms. The molecule has 2 saturated heterocycles. The highest BCUT2D eigenvalue weighted by molar-refractivity contribution is 6.01. The van der Waals surface area contributed by atoms with Gasteiger partial charge in [0.15, 0.2) is 0 Å². The van der Waals surface area contributed by atoms with Crippen molar-refractivity contribution in [3.8, 4) is 0 Å². The van der Waals surface area contributed by atoms with Crippen LogP contribution in [0.3, 0.4) is 0 Å². The Morgan fingerprint density at radius 2 is 2.06 bits per heavy atom. The van der Waals surface area contributed by atoms with Crippen LogP contribution in [0.25, 0.3) is 0 Å². The molecular weight excluding hydrogens is 218 g/mol. The van der Waals surface area contributed by atoms with E-state index in [9.17, 15) is 9.59 Å². The highest BCUT2D eigenvalue weighted by Crippen LogP contribution is 2.13. The maximum Gasteiger partial charge on any atom is 0.229 e. The van der Waals surface area contributed by atoms with E-state index in [1.807, 2.05) is 0 Å². The van der Waals surface area contributed by atoms with E-state index in [0.717, 1.165) is 32.6 Å². The van der Waals surface area contributed by atoms with Gasteiger partial charge in [0, 0.05) is 38.5 Å². The maximum atomic E-state index is 11.5. The van der Waals surface area contributed by atoms with E-state index < -0.39 is 0 Å². The van der Waals surface area contributed by atoms with Crippen LogP contribution in [0.1, 0.15) is 26.2 Å². The summed E-state index contributed by atoms with van der Waals surface area (Å²) in [5.74, 6) is -0.00815. The van der Waals surface area contributed by atoms with Crippen molar-refractivity contribution in [3.63, 3.8) is 0 Å². The van der Waals surface area contributed by atoms with E-state index in [4.69, 9.17) is 0 Å². The Labute approximate surface area is 102 Å². The zero-order chi connectivity index (χ0) is 12.3. The number of rotatable bonds is 5. The highest BCUT2D eigenvalue weighted by Gasteiger charge is 2.29. The molecule has 0 aromatic rings. The molecule has 2 rings (SSSR count). The molecule has 0 aliphatic carbocycles. The summed E-state index contributed by atoms with van der Waals surface area (Å²) in [7, 11) is 0. The fourth-order valence-corrected chi connectivity index (χ4v) is 2.65. The molecule has 2 fully saturated rings. The molecule has 2 aliphatic heterocycles. The smallest absolute Gasteiger partial charge is 0.229 e. The molecule has 2 amide bonds. The first-order valence-corrected chi connectivity index (χ1v) is 6.50. The molecule has 1 atom stereocenters. The molecule has 17 heavy (non-hydrogen) atoms. The van der Waals surface area contributed by atoms with Crippen LogP contribution in [0.2, 0.25) is 0 Å². The molecule has 0 aromatic heterocycles. The van der Waals surface area contributed by atoms with Crippen molar-refractivity contribution in [2.75, 3.05) is 32.7 Å². The Hall–Kier alpha value is -0.940. The van der Waals surface area contributed by atoms with Crippen molar-refractivity contribution in [2.24, 2.45) is 0 Å². The number of likely N-dealkylation sites (tertiary alicyclic amines) is 1. The summed E-state index contributed by atoms with van der Waals surface area (Å²) in [5, 5.41) is 3.34. The summed E-state index contributed by atoms with van der Waals surface area (Å²) < 4.78 is 0. The number of nitrogens with one attached hydrogen (secondary N) is 1.